The van der Waals surface area contributed by atoms with Gasteiger partial charge in [0.15, 0.2) is 0 Å². The highest BCUT2D eigenvalue weighted by atomic mass is 14.7. The molecule has 3 aliphatic carbocycles. The summed E-state index contributed by atoms with van der Waals surface area (Å²) < 4.78 is 0. The van der Waals surface area contributed by atoms with Crippen LogP contribution in [0.4, 0.5) is 0 Å². The summed E-state index contributed by atoms with van der Waals surface area (Å²) in [5, 5.41) is 0. The maximum Gasteiger partial charge on any atom is -0.0111 e. The number of rotatable bonds is 0. The van der Waals surface area contributed by atoms with E-state index in [4.69, 9.17) is 0 Å². The lowest BCUT2D eigenvalue weighted by Gasteiger charge is -2.50. The highest BCUT2D eigenvalue weighted by Gasteiger charge is 2.61. The lowest BCUT2D eigenvalue weighted by Crippen LogP contribution is -2.42. The third kappa shape index (κ3) is 0.990. The molecule has 0 radical (unpaired) electrons. The van der Waals surface area contributed by atoms with Crippen LogP contribution < -0.4 is 0 Å². The smallest absolute Gasteiger partial charge is 0.0111 e. The molecule has 0 aromatic carbocycles. The second-order valence-corrected chi connectivity index (χ2v) is 6.95. The Labute approximate surface area is 94.1 Å². The summed E-state index contributed by atoms with van der Waals surface area (Å²) >= 11 is 0. The molecule has 0 unspecified atom stereocenters. The van der Waals surface area contributed by atoms with Gasteiger partial charge in [-0.25, -0.2) is 0 Å². The van der Waals surface area contributed by atoms with Gasteiger partial charge in [0.05, 0.1) is 0 Å². The standard InChI is InChI=1S/C15H24/c1-10-5-6-13-14(3,4)11(2)12-7-8-15(10,13)9-12/h10,12-13H,2,5-9H2,1,3-4H3/t10-,12+,13-,15-/m1/s1. The summed E-state index contributed by atoms with van der Waals surface area (Å²) in [4.78, 5) is 0. The predicted molar refractivity (Wildman–Crippen MR) is 64.6 cm³/mol. The SMILES string of the molecule is C=C1[C@H]2CC[C@@]3(C2)[C@H](C)CC[C@@H]3C1(C)C. The summed E-state index contributed by atoms with van der Waals surface area (Å²) in [6.07, 6.45) is 7.32. The lowest BCUT2D eigenvalue weighted by atomic mass is 9.54. The van der Waals surface area contributed by atoms with E-state index in [0.717, 1.165) is 23.2 Å². The van der Waals surface area contributed by atoms with Gasteiger partial charge in [-0.15, -0.1) is 0 Å². The monoisotopic (exact) mass is 204 g/mol. The zero-order valence-electron chi connectivity index (χ0n) is 10.5. The average molecular weight is 204 g/mol. The van der Waals surface area contributed by atoms with Gasteiger partial charge in [0.25, 0.3) is 0 Å². The largest absolute Gasteiger partial charge is 0.0990 e. The van der Waals surface area contributed by atoms with Gasteiger partial charge in [0, 0.05) is 0 Å². The van der Waals surface area contributed by atoms with Crippen LogP contribution in [-0.4, -0.2) is 0 Å². The molecule has 3 fully saturated rings. The van der Waals surface area contributed by atoms with Crippen LogP contribution in [0.25, 0.3) is 0 Å². The van der Waals surface area contributed by atoms with E-state index >= 15 is 0 Å². The van der Waals surface area contributed by atoms with Crippen molar-refractivity contribution in [3.63, 3.8) is 0 Å². The number of fused-ring (bicyclic) bond motifs is 1. The molecule has 0 heterocycles. The molecule has 4 atom stereocenters. The minimum absolute atomic E-state index is 0.421. The van der Waals surface area contributed by atoms with Crippen molar-refractivity contribution in [2.24, 2.45) is 28.6 Å². The van der Waals surface area contributed by atoms with Crippen LogP contribution in [-0.2, 0) is 0 Å². The summed E-state index contributed by atoms with van der Waals surface area (Å²) in [6, 6.07) is 0. The molecule has 1 spiro atoms. The Bertz CT molecular complexity index is 312. The maximum atomic E-state index is 4.43. The zero-order chi connectivity index (χ0) is 10.8. The third-order valence-corrected chi connectivity index (χ3v) is 6.34. The first-order valence-electron chi connectivity index (χ1n) is 6.68. The molecular weight excluding hydrogens is 180 g/mol. The molecule has 0 heteroatoms. The highest BCUT2D eigenvalue weighted by Crippen LogP contribution is 2.70. The Morgan fingerprint density at radius 3 is 2.67 bits per heavy atom. The van der Waals surface area contributed by atoms with Crippen molar-refractivity contribution in [1.82, 2.24) is 0 Å². The molecular formula is C15H24. The van der Waals surface area contributed by atoms with Crippen LogP contribution in [0.1, 0.15) is 52.9 Å². The Balaban J connectivity index is 2.09. The van der Waals surface area contributed by atoms with E-state index in [1.54, 1.807) is 5.57 Å². The van der Waals surface area contributed by atoms with Gasteiger partial charge < -0.3 is 0 Å². The van der Waals surface area contributed by atoms with Crippen molar-refractivity contribution in [3.05, 3.63) is 12.2 Å². The first-order chi connectivity index (χ1) is 6.98. The Kier molecular flexibility index (Phi) is 1.79. The van der Waals surface area contributed by atoms with E-state index < -0.39 is 0 Å². The molecule has 0 aromatic heterocycles. The molecule has 3 aliphatic rings. The molecule has 84 valence electrons. The summed E-state index contributed by atoms with van der Waals surface area (Å²) in [6.45, 7) is 11.9. The topological polar surface area (TPSA) is 0 Å². The van der Waals surface area contributed by atoms with E-state index in [0.29, 0.717) is 5.41 Å². The van der Waals surface area contributed by atoms with Crippen LogP contribution in [0.2, 0.25) is 0 Å². The van der Waals surface area contributed by atoms with Gasteiger partial charge in [-0.05, 0) is 60.7 Å². The van der Waals surface area contributed by atoms with E-state index in [1.165, 1.54) is 32.1 Å². The fraction of sp³-hybridized carbons (Fsp3) is 0.867. The molecule has 0 saturated heterocycles. The van der Waals surface area contributed by atoms with E-state index in [9.17, 15) is 0 Å². The second-order valence-electron chi connectivity index (χ2n) is 6.95. The van der Waals surface area contributed by atoms with Gasteiger partial charge in [-0.3, -0.25) is 0 Å². The van der Waals surface area contributed by atoms with Crippen molar-refractivity contribution in [2.45, 2.75) is 52.9 Å². The zero-order valence-corrected chi connectivity index (χ0v) is 10.5. The van der Waals surface area contributed by atoms with Crippen molar-refractivity contribution >= 4 is 0 Å². The number of allylic oxidation sites excluding steroid dienone is 1. The first-order valence-corrected chi connectivity index (χ1v) is 6.68. The second kappa shape index (κ2) is 2.70. The molecule has 3 rings (SSSR count). The maximum absolute atomic E-state index is 4.43. The Morgan fingerprint density at radius 2 is 1.93 bits per heavy atom. The summed E-state index contributed by atoms with van der Waals surface area (Å²) in [7, 11) is 0. The van der Waals surface area contributed by atoms with Gasteiger partial charge >= 0.3 is 0 Å². The molecule has 0 amide bonds. The van der Waals surface area contributed by atoms with Gasteiger partial charge in [0.2, 0.25) is 0 Å². The highest BCUT2D eigenvalue weighted by molar-refractivity contribution is 5.25. The molecule has 0 aromatic rings. The molecule has 0 aliphatic heterocycles. The van der Waals surface area contributed by atoms with E-state index in [-0.39, 0.29) is 0 Å². The van der Waals surface area contributed by atoms with Gasteiger partial charge in [-0.2, -0.15) is 0 Å². The van der Waals surface area contributed by atoms with Gasteiger partial charge in [-0.1, -0.05) is 32.9 Å². The molecule has 2 bridgehead atoms. The van der Waals surface area contributed by atoms with Crippen molar-refractivity contribution < 1.29 is 0 Å². The minimum Gasteiger partial charge on any atom is -0.0990 e. The third-order valence-electron chi connectivity index (χ3n) is 6.34. The van der Waals surface area contributed by atoms with Crippen LogP contribution >= 0.6 is 0 Å². The van der Waals surface area contributed by atoms with Crippen LogP contribution in [0.3, 0.4) is 0 Å². The van der Waals surface area contributed by atoms with E-state index in [2.05, 4.69) is 27.4 Å². The Hall–Kier alpha value is -0.260. The van der Waals surface area contributed by atoms with Crippen molar-refractivity contribution in [1.29, 1.82) is 0 Å². The fourth-order valence-corrected chi connectivity index (χ4v) is 5.33. The van der Waals surface area contributed by atoms with Crippen molar-refractivity contribution in [2.75, 3.05) is 0 Å². The predicted octanol–water partition coefficient (Wildman–Crippen LogP) is 4.42. The summed E-state index contributed by atoms with van der Waals surface area (Å²) in [5.41, 5.74) is 2.72. The van der Waals surface area contributed by atoms with E-state index in [1.807, 2.05) is 0 Å². The Morgan fingerprint density at radius 1 is 1.20 bits per heavy atom. The van der Waals surface area contributed by atoms with Crippen LogP contribution in [0.15, 0.2) is 12.2 Å². The molecule has 0 nitrogen and oxygen atoms in total. The molecule has 15 heavy (non-hydrogen) atoms. The average Bonchev–Trinajstić information content (AvgIpc) is 2.71. The van der Waals surface area contributed by atoms with Crippen LogP contribution in [0, 0.1) is 28.6 Å². The number of hydrogen-bond acceptors (Lipinski definition) is 0. The first kappa shape index (κ1) is 9.93. The fourth-order valence-electron chi connectivity index (χ4n) is 5.33. The minimum atomic E-state index is 0.421. The van der Waals surface area contributed by atoms with Crippen LogP contribution in [0.5, 0.6) is 0 Å². The quantitative estimate of drug-likeness (QED) is 0.513. The van der Waals surface area contributed by atoms with Crippen molar-refractivity contribution in [3.8, 4) is 0 Å². The normalized spacial score (nSPS) is 51.9. The number of hydrogen-bond donors (Lipinski definition) is 0. The molecule has 3 saturated carbocycles. The van der Waals surface area contributed by atoms with Gasteiger partial charge in [0.1, 0.15) is 0 Å². The molecule has 0 N–H and O–H groups in total. The lowest BCUT2D eigenvalue weighted by molar-refractivity contribution is 0.0429. The summed E-state index contributed by atoms with van der Waals surface area (Å²) in [5.74, 6) is 2.77.